The average Bonchev–Trinajstić information content (AvgIpc) is 2.74. The lowest BCUT2D eigenvalue weighted by atomic mass is 10.0. The third-order valence-electron chi connectivity index (χ3n) is 3.57. The number of thiazole rings is 1. The Labute approximate surface area is 126 Å². The van der Waals surface area contributed by atoms with Crippen LogP contribution < -0.4 is 5.32 Å². The monoisotopic (exact) mass is 288 g/mol. The van der Waals surface area contributed by atoms with Crippen LogP contribution in [-0.4, -0.2) is 11.5 Å². The van der Waals surface area contributed by atoms with E-state index in [1.807, 2.05) is 11.3 Å². The zero-order valence-electron chi connectivity index (χ0n) is 12.9. The number of hydrogen-bond acceptors (Lipinski definition) is 3. The molecule has 2 nitrogen and oxygen atoms in total. The molecule has 0 aliphatic heterocycles. The molecule has 0 fully saturated rings. The van der Waals surface area contributed by atoms with Gasteiger partial charge in [0.2, 0.25) is 0 Å². The Kier molecular flexibility index (Phi) is 5.32. The lowest BCUT2D eigenvalue weighted by Gasteiger charge is -2.18. The van der Waals surface area contributed by atoms with Gasteiger partial charge in [-0.1, -0.05) is 36.8 Å². The van der Waals surface area contributed by atoms with Crippen molar-refractivity contribution >= 4 is 11.3 Å². The Balaban J connectivity index is 2.16. The lowest BCUT2D eigenvalue weighted by molar-refractivity contribution is 0.528. The van der Waals surface area contributed by atoms with E-state index < -0.39 is 0 Å². The van der Waals surface area contributed by atoms with Crippen molar-refractivity contribution in [2.45, 2.75) is 46.6 Å². The highest BCUT2D eigenvalue weighted by molar-refractivity contribution is 7.11. The van der Waals surface area contributed by atoms with Gasteiger partial charge in [-0.2, -0.15) is 0 Å². The minimum Gasteiger partial charge on any atom is -0.310 e. The first-order valence-electron chi connectivity index (χ1n) is 7.33. The van der Waals surface area contributed by atoms with Crippen LogP contribution in [0.3, 0.4) is 0 Å². The fourth-order valence-corrected chi connectivity index (χ4v) is 3.21. The number of nitrogens with one attached hydrogen (secondary N) is 1. The van der Waals surface area contributed by atoms with Crippen LogP contribution in [0.2, 0.25) is 0 Å². The van der Waals surface area contributed by atoms with Crippen molar-refractivity contribution in [2.24, 2.45) is 0 Å². The highest BCUT2D eigenvalue weighted by Crippen LogP contribution is 2.24. The van der Waals surface area contributed by atoms with Gasteiger partial charge in [0.1, 0.15) is 0 Å². The molecule has 1 atom stereocenters. The molecule has 1 aromatic carbocycles. The summed E-state index contributed by atoms with van der Waals surface area (Å²) in [6, 6.07) is 9.20. The number of benzene rings is 1. The van der Waals surface area contributed by atoms with Crippen LogP contribution in [0, 0.1) is 20.8 Å². The number of hydrogen-bond donors (Lipinski definition) is 1. The van der Waals surface area contributed by atoms with E-state index in [0.29, 0.717) is 6.04 Å². The van der Waals surface area contributed by atoms with Gasteiger partial charge >= 0.3 is 0 Å². The molecule has 0 aliphatic rings. The van der Waals surface area contributed by atoms with Crippen molar-refractivity contribution in [3.05, 3.63) is 51.0 Å². The van der Waals surface area contributed by atoms with E-state index in [0.717, 1.165) is 19.4 Å². The summed E-state index contributed by atoms with van der Waals surface area (Å²) in [7, 11) is 0. The van der Waals surface area contributed by atoms with Crippen LogP contribution in [0.1, 0.15) is 46.1 Å². The minimum atomic E-state index is 0.362. The molecule has 1 unspecified atom stereocenters. The summed E-state index contributed by atoms with van der Waals surface area (Å²) >= 11 is 1.82. The van der Waals surface area contributed by atoms with Crippen molar-refractivity contribution in [1.82, 2.24) is 10.3 Å². The molecule has 0 bridgehead atoms. The summed E-state index contributed by atoms with van der Waals surface area (Å²) in [5, 5.41) is 4.88. The molecule has 0 amide bonds. The van der Waals surface area contributed by atoms with Gasteiger partial charge in [0.25, 0.3) is 0 Å². The van der Waals surface area contributed by atoms with Crippen LogP contribution in [0.5, 0.6) is 0 Å². The second-order valence-corrected chi connectivity index (χ2v) is 6.66. The molecule has 1 aromatic heterocycles. The van der Waals surface area contributed by atoms with Crippen molar-refractivity contribution in [1.29, 1.82) is 0 Å². The normalized spacial score (nSPS) is 12.6. The minimum absolute atomic E-state index is 0.362. The van der Waals surface area contributed by atoms with Crippen molar-refractivity contribution in [3.8, 4) is 0 Å². The van der Waals surface area contributed by atoms with Crippen molar-refractivity contribution in [3.63, 3.8) is 0 Å². The van der Waals surface area contributed by atoms with Gasteiger partial charge in [-0.05, 0) is 39.3 Å². The topological polar surface area (TPSA) is 24.9 Å². The zero-order chi connectivity index (χ0) is 14.5. The molecule has 20 heavy (non-hydrogen) atoms. The molecule has 0 saturated carbocycles. The quantitative estimate of drug-likeness (QED) is 0.854. The van der Waals surface area contributed by atoms with E-state index in [-0.39, 0.29) is 0 Å². The van der Waals surface area contributed by atoms with Crippen LogP contribution >= 0.6 is 11.3 Å². The maximum atomic E-state index is 4.68. The van der Waals surface area contributed by atoms with Gasteiger partial charge in [0.15, 0.2) is 0 Å². The second kappa shape index (κ2) is 7.00. The maximum Gasteiger partial charge on any atom is 0.0949 e. The van der Waals surface area contributed by atoms with Crippen molar-refractivity contribution < 1.29 is 0 Å². The lowest BCUT2D eigenvalue weighted by Crippen LogP contribution is -2.24. The molecule has 3 heteroatoms. The summed E-state index contributed by atoms with van der Waals surface area (Å²) in [5.74, 6) is 0. The third kappa shape index (κ3) is 3.90. The van der Waals surface area contributed by atoms with E-state index in [9.17, 15) is 0 Å². The van der Waals surface area contributed by atoms with E-state index in [4.69, 9.17) is 0 Å². The molecular weight excluding hydrogens is 264 g/mol. The van der Waals surface area contributed by atoms with E-state index >= 15 is 0 Å². The van der Waals surface area contributed by atoms with Gasteiger partial charge in [-0.15, -0.1) is 11.3 Å². The molecule has 0 spiro atoms. The van der Waals surface area contributed by atoms with Gasteiger partial charge in [0.05, 0.1) is 10.7 Å². The Hall–Kier alpha value is -1.19. The van der Waals surface area contributed by atoms with E-state index in [1.165, 1.54) is 26.7 Å². The molecule has 0 radical (unpaired) electrons. The standard InChI is InChI=1S/C17H24N2S/c1-5-10-18-16(15-8-6-12(2)7-9-15)11-17-19-13(3)14(4)20-17/h6-9,16,18H,5,10-11H2,1-4H3. The Morgan fingerprint density at radius 2 is 1.85 bits per heavy atom. The highest BCUT2D eigenvalue weighted by atomic mass is 32.1. The fraction of sp³-hybridized carbons (Fsp3) is 0.471. The summed E-state index contributed by atoms with van der Waals surface area (Å²) in [6.45, 7) is 9.62. The third-order valence-corrected chi connectivity index (χ3v) is 4.67. The Morgan fingerprint density at radius 3 is 2.40 bits per heavy atom. The van der Waals surface area contributed by atoms with Gasteiger partial charge in [0, 0.05) is 17.3 Å². The molecule has 1 heterocycles. The smallest absolute Gasteiger partial charge is 0.0949 e. The van der Waals surface area contributed by atoms with Gasteiger partial charge < -0.3 is 5.32 Å². The largest absolute Gasteiger partial charge is 0.310 e. The van der Waals surface area contributed by atoms with Crippen LogP contribution in [0.25, 0.3) is 0 Å². The first kappa shape index (κ1) is 15.2. The van der Waals surface area contributed by atoms with Crippen LogP contribution in [-0.2, 0) is 6.42 Å². The van der Waals surface area contributed by atoms with Crippen LogP contribution in [0.4, 0.5) is 0 Å². The Morgan fingerprint density at radius 1 is 1.15 bits per heavy atom. The van der Waals surface area contributed by atoms with Gasteiger partial charge in [-0.25, -0.2) is 4.98 Å². The molecule has 2 aromatic rings. The first-order chi connectivity index (χ1) is 9.60. The number of nitrogens with zero attached hydrogens (tertiary/aromatic N) is 1. The van der Waals surface area contributed by atoms with Gasteiger partial charge in [-0.3, -0.25) is 0 Å². The summed E-state index contributed by atoms with van der Waals surface area (Å²) in [6.07, 6.45) is 2.13. The van der Waals surface area contributed by atoms with E-state index in [1.54, 1.807) is 0 Å². The summed E-state index contributed by atoms with van der Waals surface area (Å²) in [4.78, 5) is 6.01. The predicted octanol–water partition coefficient (Wildman–Crippen LogP) is 4.35. The SMILES string of the molecule is CCCNC(Cc1nc(C)c(C)s1)c1ccc(C)cc1. The summed E-state index contributed by atoms with van der Waals surface area (Å²) < 4.78 is 0. The average molecular weight is 288 g/mol. The zero-order valence-corrected chi connectivity index (χ0v) is 13.7. The van der Waals surface area contributed by atoms with E-state index in [2.05, 4.69) is 62.3 Å². The molecule has 0 aliphatic carbocycles. The summed E-state index contributed by atoms with van der Waals surface area (Å²) in [5.41, 5.74) is 3.83. The molecule has 2 rings (SSSR count). The number of aryl methyl sites for hydroxylation is 3. The number of rotatable bonds is 6. The highest BCUT2D eigenvalue weighted by Gasteiger charge is 2.14. The number of aromatic nitrogens is 1. The Bertz CT molecular complexity index is 523. The first-order valence-corrected chi connectivity index (χ1v) is 8.14. The molecule has 1 N–H and O–H groups in total. The van der Waals surface area contributed by atoms with Crippen LogP contribution in [0.15, 0.2) is 24.3 Å². The molecule has 0 saturated heterocycles. The second-order valence-electron chi connectivity index (χ2n) is 5.37. The molecule has 108 valence electrons. The predicted molar refractivity (Wildman–Crippen MR) is 87.5 cm³/mol. The fourth-order valence-electron chi connectivity index (χ4n) is 2.23. The van der Waals surface area contributed by atoms with Crippen molar-refractivity contribution in [2.75, 3.05) is 6.54 Å². The maximum absolute atomic E-state index is 4.68. The molecular formula is C17H24N2S.